The van der Waals surface area contributed by atoms with Crippen molar-refractivity contribution in [3.05, 3.63) is 75.9 Å². The molecule has 1 aliphatic rings. The minimum absolute atomic E-state index is 0.170. The van der Waals surface area contributed by atoms with E-state index in [0.29, 0.717) is 49.0 Å². The summed E-state index contributed by atoms with van der Waals surface area (Å²) >= 11 is 6.12. The van der Waals surface area contributed by atoms with E-state index in [-0.39, 0.29) is 12.4 Å². The number of piperazine rings is 1. The Labute approximate surface area is 210 Å². The van der Waals surface area contributed by atoms with Crippen LogP contribution in [-0.2, 0) is 16.4 Å². The fourth-order valence-corrected chi connectivity index (χ4v) is 5.33. The first kappa shape index (κ1) is 25.2. The highest BCUT2D eigenvalue weighted by molar-refractivity contribution is 7.89. The van der Waals surface area contributed by atoms with Crippen LogP contribution < -0.4 is 15.2 Å². The Hall–Kier alpha value is -2.95. The van der Waals surface area contributed by atoms with Gasteiger partial charge < -0.3 is 9.64 Å². The van der Waals surface area contributed by atoms with Crippen LogP contribution in [0.25, 0.3) is 5.69 Å². The molecule has 1 fully saturated rings. The normalized spacial score (nSPS) is 14.9. The summed E-state index contributed by atoms with van der Waals surface area (Å²) in [6.45, 7) is 5.13. The Morgan fingerprint density at radius 2 is 1.86 bits per heavy atom. The number of benzene rings is 1. The van der Waals surface area contributed by atoms with Crippen molar-refractivity contribution in [2.75, 3.05) is 37.7 Å². The summed E-state index contributed by atoms with van der Waals surface area (Å²) in [5, 5.41) is 4.37. The number of hydrogen-bond donors (Lipinski definition) is 0. The first-order valence-electron chi connectivity index (χ1n) is 11.4. The Morgan fingerprint density at radius 3 is 2.51 bits per heavy atom. The van der Waals surface area contributed by atoms with Crippen molar-refractivity contribution in [1.29, 1.82) is 0 Å². The Morgan fingerprint density at radius 1 is 1.09 bits per heavy atom. The maximum Gasteiger partial charge on any atom is 0.316 e. The molecule has 0 spiro atoms. The molecule has 4 rings (SSSR count). The van der Waals surface area contributed by atoms with Crippen molar-refractivity contribution in [3.63, 3.8) is 0 Å². The van der Waals surface area contributed by atoms with Gasteiger partial charge in [-0.05, 0) is 43.7 Å². The monoisotopic (exact) mass is 517 g/mol. The smallest absolute Gasteiger partial charge is 0.316 e. The standard InChI is InChI=1S/C24H28ClN5O4S/c1-18(2)35(32,33)29-12-10-28(11-13-29)22-17-27-30(21-7-3-6-20(25)15-21)24(31)23(22)34-14-8-19-5-4-9-26-16-19/h3-7,9,15-18H,8,10-14H2,1-2H3. The van der Waals surface area contributed by atoms with Crippen LogP contribution >= 0.6 is 11.6 Å². The average molecular weight is 518 g/mol. The number of rotatable bonds is 8. The highest BCUT2D eigenvalue weighted by atomic mass is 35.5. The predicted molar refractivity (Wildman–Crippen MR) is 136 cm³/mol. The summed E-state index contributed by atoms with van der Waals surface area (Å²) in [5.74, 6) is 0.170. The fourth-order valence-electron chi connectivity index (χ4n) is 3.88. The van der Waals surface area contributed by atoms with E-state index in [0.717, 1.165) is 5.56 Å². The molecule has 0 radical (unpaired) electrons. The van der Waals surface area contributed by atoms with Crippen LogP contribution in [0.3, 0.4) is 0 Å². The minimum atomic E-state index is -3.34. The van der Waals surface area contributed by atoms with E-state index in [4.69, 9.17) is 16.3 Å². The van der Waals surface area contributed by atoms with Crippen LogP contribution in [0.15, 0.2) is 59.8 Å². The predicted octanol–water partition coefficient (Wildman–Crippen LogP) is 2.76. The van der Waals surface area contributed by atoms with Crippen molar-refractivity contribution in [2.24, 2.45) is 0 Å². The molecule has 0 bridgehead atoms. The Bertz CT molecular complexity index is 1320. The van der Waals surface area contributed by atoms with Gasteiger partial charge >= 0.3 is 5.56 Å². The number of anilines is 1. The molecule has 0 N–H and O–H groups in total. The first-order chi connectivity index (χ1) is 16.8. The molecule has 1 aromatic carbocycles. The second kappa shape index (κ2) is 10.8. The van der Waals surface area contributed by atoms with Gasteiger partial charge in [0.05, 0.1) is 23.7 Å². The highest BCUT2D eigenvalue weighted by Crippen LogP contribution is 2.27. The van der Waals surface area contributed by atoms with Gasteiger partial charge in [0.1, 0.15) is 5.69 Å². The quantitative estimate of drug-likeness (QED) is 0.453. The molecule has 3 heterocycles. The van der Waals surface area contributed by atoms with Crippen molar-refractivity contribution in [1.82, 2.24) is 19.1 Å². The molecule has 35 heavy (non-hydrogen) atoms. The van der Waals surface area contributed by atoms with Gasteiger partial charge in [0.25, 0.3) is 0 Å². The topological polar surface area (TPSA) is 97.6 Å². The molecule has 2 aromatic heterocycles. The third-order valence-corrected chi connectivity index (χ3v) is 8.37. The molecule has 0 unspecified atom stereocenters. The van der Waals surface area contributed by atoms with Gasteiger partial charge in [-0.3, -0.25) is 9.78 Å². The average Bonchev–Trinajstić information content (AvgIpc) is 2.85. The van der Waals surface area contributed by atoms with Crippen LogP contribution in [0.2, 0.25) is 5.02 Å². The van der Waals surface area contributed by atoms with Gasteiger partial charge in [0, 0.05) is 50.0 Å². The molecule has 9 nitrogen and oxygen atoms in total. The summed E-state index contributed by atoms with van der Waals surface area (Å²) in [6, 6.07) is 10.7. The van der Waals surface area contributed by atoms with E-state index in [9.17, 15) is 13.2 Å². The number of aromatic nitrogens is 3. The number of nitrogens with zero attached hydrogens (tertiary/aromatic N) is 5. The van der Waals surface area contributed by atoms with Crippen LogP contribution in [-0.4, -0.2) is 65.5 Å². The lowest BCUT2D eigenvalue weighted by Gasteiger charge is -2.36. The van der Waals surface area contributed by atoms with Gasteiger partial charge in [0.2, 0.25) is 15.8 Å². The van der Waals surface area contributed by atoms with E-state index in [1.165, 1.54) is 8.99 Å². The number of ether oxygens (including phenoxy) is 1. The number of hydrogen-bond acceptors (Lipinski definition) is 7. The molecule has 0 amide bonds. The molecule has 3 aromatic rings. The van der Waals surface area contributed by atoms with Crippen LogP contribution in [0, 0.1) is 0 Å². The third kappa shape index (κ3) is 5.66. The lowest BCUT2D eigenvalue weighted by Crippen LogP contribution is -2.50. The van der Waals surface area contributed by atoms with Crippen molar-refractivity contribution in [3.8, 4) is 11.4 Å². The number of sulfonamides is 1. The van der Waals surface area contributed by atoms with Gasteiger partial charge in [-0.15, -0.1) is 0 Å². The van der Waals surface area contributed by atoms with Crippen LogP contribution in [0.5, 0.6) is 5.75 Å². The Balaban J connectivity index is 1.62. The molecule has 11 heteroatoms. The first-order valence-corrected chi connectivity index (χ1v) is 13.3. The van der Waals surface area contributed by atoms with Gasteiger partial charge in [-0.25, -0.2) is 8.42 Å². The van der Waals surface area contributed by atoms with Gasteiger partial charge in [-0.2, -0.15) is 14.1 Å². The maximum atomic E-state index is 13.5. The molecule has 1 aliphatic heterocycles. The summed E-state index contributed by atoms with van der Waals surface area (Å²) in [4.78, 5) is 19.5. The van der Waals surface area contributed by atoms with Crippen molar-refractivity contribution in [2.45, 2.75) is 25.5 Å². The van der Waals surface area contributed by atoms with Crippen molar-refractivity contribution >= 4 is 27.3 Å². The molecule has 186 valence electrons. The van der Waals surface area contributed by atoms with Gasteiger partial charge in [0.15, 0.2) is 0 Å². The van der Waals surface area contributed by atoms with E-state index >= 15 is 0 Å². The molecule has 0 atom stereocenters. The summed E-state index contributed by atoms with van der Waals surface area (Å²) < 4.78 is 33.9. The molecule has 0 saturated carbocycles. The zero-order valence-corrected chi connectivity index (χ0v) is 21.2. The van der Waals surface area contributed by atoms with Gasteiger partial charge in [-0.1, -0.05) is 23.7 Å². The summed E-state index contributed by atoms with van der Waals surface area (Å²) in [7, 11) is -3.34. The molecule has 0 aliphatic carbocycles. The lowest BCUT2D eigenvalue weighted by molar-refractivity contribution is 0.312. The van der Waals surface area contributed by atoms with E-state index in [1.54, 1.807) is 56.7 Å². The highest BCUT2D eigenvalue weighted by Gasteiger charge is 2.31. The largest absolute Gasteiger partial charge is 0.486 e. The summed E-state index contributed by atoms with van der Waals surface area (Å²) in [5.41, 5.74) is 1.65. The zero-order chi connectivity index (χ0) is 25.0. The number of pyridine rings is 1. The second-order valence-corrected chi connectivity index (χ2v) is 11.4. The molecule has 1 saturated heterocycles. The number of halogens is 1. The Kier molecular flexibility index (Phi) is 7.73. The lowest BCUT2D eigenvalue weighted by atomic mass is 10.2. The second-order valence-electron chi connectivity index (χ2n) is 8.50. The van der Waals surface area contributed by atoms with E-state index in [2.05, 4.69) is 10.1 Å². The fraction of sp³-hybridized carbons (Fsp3) is 0.375. The summed E-state index contributed by atoms with van der Waals surface area (Å²) in [6.07, 6.45) is 5.63. The maximum absolute atomic E-state index is 13.5. The van der Waals surface area contributed by atoms with Crippen LogP contribution in [0.4, 0.5) is 5.69 Å². The van der Waals surface area contributed by atoms with E-state index in [1.807, 2.05) is 17.0 Å². The molecular formula is C24H28ClN5O4S. The zero-order valence-electron chi connectivity index (χ0n) is 19.7. The van der Waals surface area contributed by atoms with Crippen LogP contribution in [0.1, 0.15) is 19.4 Å². The molecular weight excluding hydrogens is 490 g/mol. The van der Waals surface area contributed by atoms with Crippen molar-refractivity contribution < 1.29 is 13.2 Å². The SMILES string of the molecule is CC(C)S(=O)(=O)N1CCN(c2cnn(-c3cccc(Cl)c3)c(=O)c2OCCc2cccnc2)CC1. The third-order valence-electron chi connectivity index (χ3n) is 5.86. The van der Waals surface area contributed by atoms with E-state index < -0.39 is 20.8 Å². The minimum Gasteiger partial charge on any atom is -0.486 e.